The highest BCUT2D eigenvalue weighted by Crippen LogP contribution is 2.38. The smallest absolute Gasteiger partial charge is 0.266 e. The van der Waals surface area contributed by atoms with E-state index < -0.39 is 0 Å². The summed E-state index contributed by atoms with van der Waals surface area (Å²) in [5.74, 6) is -0.0955. The molecule has 5 heteroatoms. The lowest BCUT2D eigenvalue weighted by Gasteiger charge is -2.08. The van der Waals surface area contributed by atoms with Crippen LogP contribution in [0, 0.1) is 6.92 Å². The third kappa shape index (κ3) is 3.23. The lowest BCUT2D eigenvalue weighted by molar-refractivity contribution is 0.0951. The highest BCUT2D eigenvalue weighted by Gasteiger charge is 2.23. The second-order valence-electron chi connectivity index (χ2n) is 5.74. The van der Waals surface area contributed by atoms with Gasteiger partial charge in [0.2, 0.25) is 0 Å². The van der Waals surface area contributed by atoms with Crippen molar-refractivity contribution < 1.29 is 4.79 Å². The molecule has 4 rings (SSSR count). The van der Waals surface area contributed by atoms with Gasteiger partial charge in [-0.2, -0.15) is 9.78 Å². The quantitative estimate of drug-likeness (QED) is 0.454. The van der Waals surface area contributed by atoms with E-state index in [0.717, 1.165) is 26.7 Å². The zero-order chi connectivity index (χ0) is 17.9. The normalized spacial score (nSPS) is 10.8. The molecular weight excluding hydrogens is 360 g/mol. The Bertz CT molecular complexity index is 1020. The second kappa shape index (κ2) is 7.32. The molecule has 0 bridgehead atoms. The number of hydrogen-bond donors (Lipinski definition) is 0. The molecule has 2 aromatic carbocycles. The number of aromatic nitrogens is 2. The van der Waals surface area contributed by atoms with Gasteiger partial charge in [0.05, 0.1) is 21.2 Å². The first kappa shape index (κ1) is 16.8. The van der Waals surface area contributed by atoms with Crippen LogP contribution in [0.15, 0.2) is 88.0 Å². The van der Waals surface area contributed by atoms with Crippen molar-refractivity contribution in [3.63, 3.8) is 0 Å². The predicted molar refractivity (Wildman–Crippen MR) is 107 cm³/mol. The van der Waals surface area contributed by atoms with Crippen LogP contribution in [0.25, 0.3) is 11.3 Å². The molecule has 128 valence electrons. The zero-order valence-corrected chi connectivity index (χ0v) is 15.8. The van der Waals surface area contributed by atoms with Crippen molar-refractivity contribution in [1.29, 1.82) is 0 Å². The lowest BCUT2D eigenvalue weighted by atomic mass is 10.1. The van der Waals surface area contributed by atoms with E-state index in [2.05, 4.69) is 17.2 Å². The molecule has 0 aliphatic carbocycles. The van der Waals surface area contributed by atoms with Gasteiger partial charge < -0.3 is 0 Å². The minimum atomic E-state index is -0.0955. The number of thiophene rings is 1. The number of carbonyl (C=O) groups excluding carboxylic acids is 1. The molecule has 0 radical (unpaired) electrons. The van der Waals surface area contributed by atoms with Crippen LogP contribution < -0.4 is 0 Å². The highest BCUT2D eigenvalue weighted by atomic mass is 32.2. The Morgan fingerprint density at radius 1 is 0.962 bits per heavy atom. The van der Waals surface area contributed by atoms with Crippen LogP contribution in [0.4, 0.5) is 0 Å². The van der Waals surface area contributed by atoms with E-state index in [0.29, 0.717) is 4.88 Å². The van der Waals surface area contributed by atoms with Gasteiger partial charge in [0.15, 0.2) is 0 Å². The summed E-state index contributed by atoms with van der Waals surface area (Å²) in [6.07, 6.45) is 0. The van der Waals surface area contributed by atoms with Crippen molar-refractivity contribution >= 4 is 29.0 Å². The highest BCUT2D eigenvalue weighted by molar-refractivity contribution is 7.99. The molecule has 0 saturated carbocycles. The van der Waals surface area contributed by atoms with E-state index in [1.807, 2.05) is 73.0 Å². The van der Waals surface area contributed by atoms with Gasteiger partial charge in [-0.1, -0.05) is 66.4 Å². The minimum Gasteiger partial charge on any atom is -0.266 e. The summed E-state index contributed by atoms with van der Waals surface area (Å²) in [4.78, 5) is 15.8. The Balaban J connectivity index is 1.87. The second-order valence-corrected chi connectivity index (χ2v) is 7.77. The van der Waals surface area contributed by atoms with Crippen molar-refractivity contribution in [1.82, 2.24) is 9.78 Å². The van der Waals surface area contributed by atoms with E-state index >= 15 is 0 Å². The molecular formula is C21H16N2OS2. The van der Waals surface area contributed by atoms with Gasteiger partial charge in [-0.15, -0.1) is 11.3 Å². The van der Waals surface area contributed by atoms with E-state index in [9.17, 15) is 4.79 Å². The van der Waals surface area contributed by atoms with Crippen LogP contribution >= 0.6 is 23.1 Å². The molecule has 0 saturated heterocycles. The van der Waals surface area contributed by atoms with Crippen LogP contribution in [0.2, 0.25) is 0 Å². The topological polar surface area (TPSA) is 34.9 Å². The Morgan fingerprint density at radius 3 is 2.31 bits per heavy atom. The summed E-state index contributed by atoms with van der Waals surface area (Å²) in [6, 6.07) is 23.9. The average molecular weight is 377 g/mol. The molecule has 0 amide bonds. The summed E-state index contributed by atoms with van der Waals surface area (Å²) in [5, 5.41) is 6.50. The summed E-state index contributed by atoms with van der Waals surface area (Å²) in [5.41, 5.74) is 2.68. The lowest BCUT2D eigenvalue weighted by Crippen LogP contribution is -2.13. The summed E-state index contributed by atoms with van der Waals surface area (Å²) < 4.78 is 1.54. The maximum absolute atomic E-state index is 13.0. The minimum absolute atomic E-state index is 0.0955. The molecule has 0 aliphatic rings. The standard InChI is InChI=1S/C21H16N2OS2/c1-15-20(26-17-11-6-3-7-12-17)19(16-9-4-2-5-10-16)23(22-15)21(24)18-13-8-14-25-18/h2-14H,1H3. The van der Waals surface area contributed by atoms with Gasteiger partial charge in [0.1, 0.15) is 0 Å². The number of hydrogen-bond acceptors (Lipinski definition) is 4. The van der Waals surface area contributed by atoms with Crippen LogP contribution in [0.3, 0.4) is 0 Å². The number of nitrogens with zero attached hydrogens (tertiary/aromatic N) is 2. The third-order valence-electron chi connectivity index (χ3n) is 3.94. The molecule has 2 heterocycles. The fourth-order valence-corrected chi connectivity index (χ4v) is 4.41. The van der Waals surface area contributed by atoms with Gasteiger partial charge in [0, 0.05) is 10.5 Å². The SMILES string of the molecule is Cc1nn(C(=O)c2cccs2)c(-c2ccccc2)c1Sc1ccccc1. The van der Waals surface area contributed by atoms with Crippen LogP contribution in [-0.4, -0.2) is 15.7 Å². The molecule has 0 fully saturated rings. The van der Waals surface area contributed by atoms with E-state index in [1.165, 1.54) is 11.3 Å². The van der Waals surface area contributed by atoms with Crippen LogP contribution in [-0.2, 0) is 0 Å². The van der Waals surface area contributed by atoms with E-state index in [-0.39, 0.29) is 5.91 Å². The van der Waals surface area contributed by atoms with Gasteiger partial charge in [-0.3, -0.25) is 4.79 Å². The third-order valence-corrected chi connectivity index (χ3v) is 6.00. The molecule has 3 nitrogen and oxygen atoms in total. The van der Waals surface area contributed by atoms with Crippen molar-refractivity contribution in [3.05, 3.63) is 88.7 Å². The molecule has 2 aromatic heterocycles. The van der Waals surface area contributed by atoms with Gasteiger partial charge in [0.25, 0.3) is 5.91 Å². The van der Waals surface area contributed by atoms with Crippen molar-refractivity contribution in [2.24, 2.45) is 0 Å². The maximum Gasteiger partial charge on any atom is 0.288 e. The molecule has 0 atom stereocenters. The van der Waals surface area contributed by atoms with E-state index in [4.69, 9.17) is 0 Å². The Labute approximate surface area is 160 Å². The summed E-state index contributed by atoms with van der Waals surface area (Å²) >= 11 is 3.07. The first-order valence-corrected chi connectivity index (χ1v) is 9.90. The molecule has 0 aliphatic heterocycles. The summed E-state index contributed by atoms with van der Waals surface area (Å²) in [7, 11) is 0. The Morgan fingerprint density at radius 2 is 1.65 bits per heavy atom. The Hall–Kier alpha value is -2.63. The average Bonchev–Trinajstić information content (AvgIpc) is 3.32. The maximum atomic E-state index is 13.0. The molecule has 26 heavy (non-hydrogen) atoms. The monoisotopic (exact) mass is 376 g/mol. The predicted octanol–water partition coefficient (Wildman–Crippen LogP) is 5.76. The van der Waals surface area contributed by atoms with Gasteiger partial charge >= 0.3 is 0 Å². The first-order valence-electron chi connectivity index (χ1n) is 8.20. The largest absolute Gasteiger partial charge is 0.288 e. The molecule has 0 N–H and O–H groups in total. The van der Waals surface area contributed by atoms with Crippen LogP contribution in [0.5, 0.6) is 0 Å². The van der Waals surface area contributed by atoms with Crippen molar-refractivity contribution in [2.45, 2.75) is 16.7 Å². The number of carbonyl (C=O) groups is 1. The zero-order valence-electron chi connectivity index (χ0n) is 14.1. The molecule has 0 spiro atoms. The molecule has 4 aromatic rings. The van der Waals surface area contributed by atoms with Crippen molar-refractivity contribution in [3.8, 4) is 11.3 Å². The first-order chi connectivity index (χ1) is 12.7. The number of benzene rings is 2. The van der Waals surface area contributed by atoms with E-state index in [1.54, 1.807) is 16.4 Å². The summed E-state index contributed by atoms with van der Waals surface area (Å²) in [6.45, 7) is 1.95. The molecule has 0 unspecified atom stereocenters. The Kier molecular flexibility index (Phi) is 4.73. The number of aryl methyl sites for hydroxylation is 1. The van der Waals surface area contributed by atoms with Gasteiger partial charge in [-0.25, -0.2) is 0 Å². The number of rotatable bonds is 4. The van der Waals surface area contributed by atoms with Crippen molar-refractivity contribution in [2.75, 3.05) is 0 Å². The fraction of sp³-hybridized carbons (Fsp3) is 0.0476. The van der Waals surface area contributed by atoms with Crippen LogP contribution in [0.1, 0.15) is 15.4 Å². The van der Waals surface area contributed by atoms with Gasteiger partial charge in [-0.05, 0) is 30.5 Å². The fourth-order valence-electron chi connectivity index (χ4n) is 2.74.